The van der Waals surface area contributed by atoms with Gasteiger partial charge in [0.2, 0.25) is 0 Å². The third-order valence-corrected chi connectivity index (χ3v) is 3.92. The average Bonchev–Trinajstić information content (AvgIpc) is 2.42. The molecule has 104 valence electrons. The monoisotopic (exact) mass is 306 g/mol. The summed E-state index contributed by atoms with van der Waals surface area (Å²) in [5.41, 5.74) is 4.13. The van der Waals surface area contributed by atoms with E-state index in [4.69, 9.17) is 23.2 Å². The molecule has 0 radical (unpaired) electrons. The summed E-state index contributed by atoms with van der Waals surface area (Å²) in [6.45, 7) is 4.12. The van der Waals surface area contributed by atoms with Gasteiger partial charge in [0.25, 0.3) is 0 Å². The molecule has 0 atom stereocenters. The van der Waals surface area contributed by atoms with E-state index in [9.17, 15) is 4.79 Å². The Morgan fingerprint density at radius 1 is 1.05 bits per heavy atom. The lowest BCUT2D eigenvalue weighted by atomic mass is 9.98. The predicted molar refractivity (Wildman–Crippen MR) is 85.0 cm³/mol. The molecule has 2 aromatic rings. The number of rotatable bonds is 4. The van der Waals surface area contributed by atoms with Gasteiger partial charge in [0, 0.05) is 17.0 Å². The van der Waals surface area contributed by atoms with Crippen LogP contribution in [0.25, 0.3) is 0 Å². The van der Waals surface area contributed by atoms with Crippen molar-refractivity contribution in [2.24, 2.45) is 0 Å². The highest BCUT2D eigenvalue weighted by Crippen LogP contribution is 2.23. The number of carbonyl (C=O) groups excluding carboxylic acids is 1. The van der Waals surface area contributed by atoms with Gasteiger partial charge in [-0.2, -0.15) is 0 Å². The lowest BCUT2D eigenvalue weighted by molar-refractivity contribution is 0.0983. The first-order valence-electron chi connectivity index (χ1n) is 6.52. The molecule has 0 saturated carbocycles. The molecule has 0 aliphatic rings. The molecule has 2 aromatic carbocycles. The van der Waals surface area contributed by atoms with Gasteiger partial charge in [-0.1, -0.05) is 47.0 Å². The van der Waals surface area contributed by atoms with Crippen LogP contribution in [0.2, 0.25) is 10.0 Å². The number of halogens is 2. The summed E-state index contributed by atoms with van der Waals surface area (Å²) in [5, 5.41) is 0.991. The highest BCUT2D eigenvalue weighted by Gasteiger charge is 2.12. The van der Waals surface area contributed by atoms with Crippen LogP contribution in [0.1, 0.15) is 33.5 Å². The molecule has 20 heavy (non-hydrogen) atoms. The molecule has 0 aromatic heterocycles. The lowest BCUT2D eigenvalue weighted by Gasteiger charge is -2.08. The summed E-state index contributed by atoms with van der Waals surface area (Å²) in [7, 11) is 0. The molecule has 0 heterocycles. The van der Waals surface area contributed by atoms with Crippen molar-refractivity contribution in [3.05, 3.63) is 68.7 Å². The minimum Gasteiger partial charge on any atom is -0.294 e. The summed E-state index contributed by atoms with van der Waals surface area (Å²) in [6, 6.07) is 11.3. The van der Waals surface area contributed by atoms with Crippen LogP contribution >= 0.6 is 23.2 Å². The molecular weight excluding hydrogens is 291 g/mol. The van der Waals surface area contributed by atoms with Crippen LogP contribution in [0, 0.1) is 13.8 Å². The average molecular weight is 307 g/mol. The Kier molecular flexibility index (Phi) is 4.85. The Labute approximate surface area is 129 Å². The van der Waals surface area contributed by atoms with Crippen LogP contribution in [-0.2, 0) is 6.42 Å². The molecule has 0 bridgehead atoms. The molecule has 1 nitrogen and oxygen atoms in total. The summed E-state index contributed by atoms with van der Waals surface area (Å²) in [4.78, 5) is 12.2. The normalized spacial score (nSPS) is 10.6. The first-order chi connectivity index (χ1) is 9.47. The predicted octanol–water partition coefficient (Wildman–Crippen LogP) is 5.43. The molecule has 0 N–H and O–H groups in total. The van der Waals surface area contributed by atoms with E-state index in [1.165, 1.54) is 16.7 Å². The zero-order valence-electron chi connectivity index (χ0n) is 11.5. The van der Waals surface area contributed by atoms with E-state index in [1.807, 2.05) is 0 Å². The molecule has 0 saturated heterocycles. The molecule has 3 heteroatoms. The Morgan fingerprint density at radius 3 is 2.55 bits per heavy atom. The fourth-order valence-electron chi connectivity index (χ4n) is 2.16. The topological polar surface area (TPSA) is 17.1 Å². The van der Waals surface area contributed by atoms with E-state index < -0.39 is 0 Å². The standard InChI is InChI=1S/C17H16Cl2O/c1-11-3-4-12(2)13(9-11)5-8-17(20)15-10-14(18)6-7-16(15)19/h3-4,6-7,9-10H,5,8H2,1-2H3. The van der Waals surface area contributed by atoms with Crippen molar-refractivity contribution in [2.45, 2.75) is 26.7 Å². The van der Waals surface area contributed by atoms with Crippen molar-refractivity contribution in [2.75, 3.05) is 0 Å². The Bertz CT molecular complexity index is 647. The van der Waals surface area contributed by atoms with Crippen LogP contribution in [0.3, 0.4) is 0 Å². The highest BCUT2D eigenvalue weighted by atomic mass is 35.5. The second kappa shape index (κ2) is 6.43. The summed E-state index contributed by atoms with van der Waals surface area (Å²) >= 11 is 12.0. The summed E-state index contributed by atoms with van der Waals surface area (Å²) < 4.78 is 0. The number of carbonyl (C=O) groups is 1. The molecule has 0 fully saturated rings. The van der Waals surface area contributed by atoms with Crippen molar-refractivity contribution < 1.29 is 4.79 Å². The van der Waals surface area contributed by atoms with Gasteiger partial charge >= 0.3 is 0 Å². The smallest absolute Gasteiger partial charge is 0.164 e. The number of hydrogen-bond acceptors (Lipinski definition) is 1. The van der Waals surface area contributed by atoms with Crippen LogP contribution in [0.15, 0.2) is 36.4 Å². The quantitative estimate of drug-likeness (QED) is 0.689. The molecule has 0 unspecified atom stereocenters. The highest BCUT2D eigenvalue weighted by molar-refractivity contribution is 6.35. The minimum atomic E-state index is 0.0263. The second-order valence-electron chi connectivity index (χ2n) is 4.98. The van der Waals surface area contributed by atoms with Gasteiger partial charge in [-0.05, 0) is 49.6 Å². The molecule has 0 aliphatic carbocycles. The van der Waals surface area contributed by atoms with E-state index in [-0.39, 0.29) is 5.78 Å². The van der Waals surface area contributed by atoms with Crippen molar-refractivity contribution in [1.29, 1.82) is 0 Å². The molecule has 2 rings (SSSR count). The van der Waals surface area contributed by atoms with Gasteiger partial charge in [-0.15, -0.1) is 0 Å². The first kappa shape index (κ1) is 15.1. The number of hydrogen-bond donors (Lipinski definition) is 0. The zero-order valence-corrected chi connectivity index (χ0v) is 13.1. The van der Waals surface area contributed by atoms with Crippen molar-refractivity contribution >= 4 is 29.0 Å². The van der Waals surface area contributed by atoms with Crippen LogP contribution < -0.4 is 0 Å². The fraction of sp³-hybridized carbons (Fsp3) is 0.235. The SMILES string of the molecule is Cc1ccc(C)c(CCC(=O)c2cc(Cl)ccc2Cl)c1. The van der Waals surface area contributed by atoms with Gasteiger partial charge in [0.05, 0.1) is 5.02 Å². The maximum atomic E-state index is 12.2. The Hall–Kier alpha value is -1.31. The molecular formula is C17H16Cl2O. The second-order valence-corrected chi connectivity index (χ2v) is 5.82. The number of ketones is 1. The van der Waals surface area contributed by atoms with E-state index in [0.29, 0.717) is 22.0 Å². The summed E-state index contributed by atoms with van der Waals surface area (Å²) in [6.07, 6.45) is 1.15. The Morgan fingerprint density at radius 2 is 1.80 bits per heavy atom. The third-order valence-electron chi connectivity index (χ3n) is 3.35. The Balaban J connectivity index is 2.12. The van der Waals surface area contributed by atoms with E-state index >= 15 is 0 Å². The van der Waals surface area contributed by atoms with E-state index in [0.717, 1.165) is 6.42 Å². The van der Waals surface area contributed by atoms with E-state index in [2.05, 4.69) is 32.0 Å². The number of benzene rings is 2. The van der Waals surface area contributed by atoms with Crippen LogP contribution in [-0.4, -0.2) is 5.78 Å². The number of Topliss-reactive ketones (excluding diaryl/α,β-unsaturated/α-hetero) is 1. The van der Waals surface area contributed by atoms with Crippen LogP contribution in [0.4, 0.5) is 0 Å². The first-order valence-corrected chi connectivity index (χ1v) is 7.27. The largest absolute Gasteiger partial charge is 0.294 e. The van der Waals surface area contributed by atoms with Crippen LogP contribution in [0.5, 0.6) is 0 Å². The van der Waals surface area contributed by atoms with Crippen molar-refractivity contribution in [1.82, 2.24) is 0 Å². The van der Waals surface area contributed by atoms with Gasteiger partial charge < -0.3 is 0 Å². The van der Waals surface area contributed by atoms with Gasteiger partial charge in [-0.3, -0.25) is 4.79 Å². The van der Waals surface area contributed by atoms with Gasteiger partial charge in [0.15, 0.2) is 5.78 Å². The van der Waals surface area contributed by atoms with E-state index in [1.54, 1.807) is 18.2 Å². The maximum Gasteiger partial charge on any atom is 0.164 e. The fourth-order valence-corrected chi connectivity index (χ4v) is 2.56. The molecule has 0 aliphatic heterocycles. The molecule has 0 amide bonds. The number of aryl methyl sites for hydroxylation is 3. The summed E-state index contributed by atoms with van der Waals surface area (Å²) in [5.74, 6) is 0.0263. The lowest BCUT2D eigenvalue weighted by Crippen LogP contribution is -2.03. The van der Waals surface area contributed by atoms with Crippen molar-refractivity contribution in [3.8, 4) is 0 Å². The zero-order chi connectivity index (χ0) is 14.7. The van der Waals surface area contributed by atoms with Gasteiger partial charge in [-0.25, -0.2) is 0 Å². The maximum absolute atomic E-state index is 12.2. The van der Waals surface area contributed by atoms with Gasteiger partial charge in [0.1, 0.15) is 0 Å². The van der Waals surface area contributed by atoms with Crippen molar-refractivity contribution in [3.63, 3.8) is 0 Å². The minimum absolute atomic E-state index is 0.0263. The molecule has 0 spiro atoms. The third kappa shape index (κ3) is 3.62.